The molecular formula is C12H12F2N2O3S. The molecule has 0 bridgehead atoms. The molecule has 1 atom stereocenters. The third-order valence-electron chi connectivity index (χ3n) is 2.94. The van der Waals surface area contributed by atoms with E-state index in [2.05, 4.69) is 10.5 Å². The van der Waals surface area contributed by atoms with E-state index < -0.39 is 33.3 Å². The second kappa shape index (κ2) is 5.66. The Labute approximate surface area is 114 Å². The highest BCUT2D eigenvalue weighted by Crippen LogP contribution is 2.18. The number of hydrogen-bond acceptors (Lipinski definition) is 4. The van der Waals surface area contributed by atoms with Crippen molar-refractivity contribution < 1.29 is 22.0 Å². The third kappa shape index (κ3) is 3.60. The molecule has 2 rings (SSSR count). The van der Waals surface area contributed by atoms with Crippen LogP contribution in [0.5, 0.6) is 0 Å². The summed E-state index contributed by atoms with van der Waals surface area (Å²) in [6, 6.07) is 2.95. The summed E-state index contributed by atoms with van der Waals surface area (Å²) >= 11 is 0. The Bertz CT molecular complexity index is 659. The average Bonchev–Trinajstić information content (AvgIpc) is 2.72. The van der Waals surface area contributed by atoms with Gasteiger partial charge in [0, 0.05) is 11.6 Å². The van der Waals surface area contributed by atoms with Gasteiger partial charge in [0.2, 0.25) is 5.91 Å². The van der Waals surface area contributed by atoms with Gasteiger partial charge in [0.05, 0.1) is 23.6 Å². The maximum absolute atomic E-state index is 13.3. The molecule has 0 radical (unpaired) electrons. The highest BCUT2D eigenvalue weighted by atomic mass is 32.2. The van der Waals surface area contributed by atoms with E-state index in [1.807, 2.05) is 0 Å². The Hall–Kier alpha value is -1.83. The minimum absolute atomic E-state index is 0.0125. The molecule has 0 aliphatic carbocycles. The van der Waals surface area contributed by atoms with Crippen LogP contribution < -0.4 is 5.43 Å². The van der Waals surface area contributed by atoms with E-state index >= 15 is 0 Å². The number of sulfone groups is 1. The fourth-order valence-corrected chi connectivity index (χ4v) is 3.61. The molecule has 0 unspecified atom stereocenters. The Kier molecular flexibility index (Phi) is 4.12. The van der Waals surface area contributed by atoms with Crippen LogP contribution in [0.15, 0.2) is 23.3 Å². The second-order valence-corrected chi connectivity index (χ2v) is 6.73. The summed E-state index contributed by atoms with van der Waals surface area (Å²) in [6.45, 7) is 0. The first-order chi connectivity index (χ1) is 9.37. The Morgan fingerprint density at radius 3 is 2.75 bits per heavy atom. The van der Waals surface area contributed by atoms with Gasteiger partial charge in [-0.1, -0.05) is 0 Å². The number of carbonyl (C=O) groups excluding carboxylic acids is 1. The number of hydrazone groups is 1. The zero-order valence-electron chi connectivity index (χ0n) is 10.3. The Morgan fingerprint density at radius 1 is 1.40 bits per heavy atom. The topological polar surface area (TPSA) is 75.6 Å². The van der Waals surface area contributed by atoms with Crippen LogP contribution >= 0.6 is 0 Å². The molecule has 1 aliphatic rings. The molecule has 1 amide bonds. The van der Waals surface area contributed by atoms with Crippen LogP contribution in [0.1, 0.15) is 12.0 Å². The second-order valence-electron chi connectivity index (χ2n) is 4.50. The Balaban J connectivity index is 1.95. The van der Waals surface area contributed by atoms with E-state index in [-0.39, 0.29) is 23.5 Å². The summed E-state index contributed by atoms with van der Waals surface area (Å²) in [5.41, 5.74) is 2.18. The van der Waals surface area contributed by atoms with Crippen molar-refractivity contribution in [2.24, 2.45) is 11.0 Å². The van der Waals surface area contributed by atoms with Crippen molar-refractivity contribution in [3.05, 3.63) is 35.4 Å². The minimum Gasteiger partial charge on any atom is -0.273 e. The molecule has 1 aromatic carbocycles. The standard InChI is InChI=1S/C12H12F2N2O3S/c13-10-2-1-8(11(14)5-10)6-15-16-12(17)9-3-4-20(18,19)7-9/h1-2,5-6,9H,3-4,7H2,(H,16,17)/b15-6-/t9-/m1/s1. The van der Waals surface area contributed by atoms with Crippen LogP contribution in [0.3, 0.4) is 0 Å². The smallest absolute Gasteiger partial charge is 0.244 e. The van der Waals surface area contributed by atoms with Crippen molar-refractivity contribution in [2.75, 3.05) is 11.5 Å². The third-order valence-corrected chi connectivity index (χ3v) is 4.71. The molecule has 8 heteroatoms. The van der Waals surface area contributed by atoms with Gasteiger partial charge in [0.1, 0.15) is 11.6 Å². The normalized spacial score (nSPS) is 21.2. The lowest BCUT2D eigenvalue weighted by molar-refractivity contribution is -0.124. The van der Waals surface area contributed by atoms with Gasteiger partial charge < -0.3 is 0 Å². The lowest BCUT2D eigenvalue weighted by Crippen LogP contribution is -2.27. The summed E-state index contributed by atoms with van der Waals surface area (Å²) < 4.78 is 48.3. The fourth-order valence-electron chi connectivity index (χ4n) is 1.86. The molecule has 1 saturated heterocycles. The van der Waals surface area contributed by atoms with Crippen LogP contribution in [0.25, 0.3) is 0 Å². The first kappa shape index (κ1) is 14.6. The number of amides is 1. The molecule has 0 saturated carbocycles. The van der Waals surface area contributed by atoms with Gasteiger partial charge in [-0.2, -0.15) is 5.10 Å². The molecule has 1 aliphatic heterocycles. The quantitative estimate of drug-likeness (QED) is 0.664. The van der Waals surface area contributed by atoms with E-state index in [9.17, 15) is 22.0 Å². The number of hydrogen-bond donors (Lipinski definition) is 1. The summed E-state index contributed by atoms with van der Waals surface area (Å²) in [6.07, 6.45) is 1.30. The van der Waals surface area contributed by atoms with E-state index in [4.69, 9.17) is 0 Å². The maximum Gasteiger partial charge on any atom is 0.244 e. The SMILES string of the molecule is O=C(N/N=C\c1ccc(F)cc1F)[C@@H]1CCS(=O)(=O)C1. The Morgan fingerprint density at radius 2 is 2.15 bits per heavy atom. The summed E-state index contributed by atoms with van der Waals surface area (Å²) in [7, 11) is -3.14. The van der Waals surface area contributed by atoms with E-state index in [0.717, 1.165) is 12.3 Å². The van der Waals surface area contributed by atoms with Gasteiger partial charge in [0.15, 0.2) is 9.84 Å². The van der Waals surface area contributed by atoms with Crippen LogP contribution in [-0.4, -0.2) is 32.0 Å². The first-order valence-corrected chi connectivity index (χ1v) is 7.68. The zero-order chi connectivity index (χ0) is 14.8. The van der Waals surface area contributed by atoms with Crippen LogP contribution in [0.4, 0.5) is 8.78 Å². The van der Waals surface area contributed by atoms with E-state index in [1.54, 1.807) is 0 Å². The van der Waals surface area contributed by atoms with Crippen LogP contribution in [0, 0.1) is 17.6 Å². The van der Waals surface area contributed by atoms with Crippen molar-refractivity contribution >= 4 is 22.0 Å². The predicted molar refractivity (Wildman–Crippen MR) is 68.9 cm³/mol. The van der Waals surface area contributed by atoms with Gasteiger partial charge >= 0.3 is 0 Å². The highest BCUT2D eigenvalue weighted by Gasteiger charge is 2.32. The number of rotatable bonds is 3. The zero-order valence-corrected chi connectivity index (χ0v) is 11.2. The molecule has 20 heavy (non-hydrogen) atoms. The molecule has 1 heterocycles. The number of nitrogens with zero attached hydrogens (tertiary/aromatic N) is 1. The highest BCUT2D eigenvalue weighted by molar-refractivity contribution is 7.91. The van der Waals surface area contributed by atoms with Crippen molar-refractivity contribution in [1.82, 2.24) is 5.43 Å². The molecule has 1 aromatic rings. The van der Waals surface area contributed by atoms with Crippen LogP contribution in [0.2, 0.25) is 0 Å². The van der Waals surface area contributed by atoms with Crippen LogP contribution in [-0.2, 0) is 14.6 Å². The van der Waals surface area contributed by atoms with Gasteiger partial charge in [-0.05, 0) is 18.6 Å². The lowest BCUT2D eigenvalue weighted by Gasteiger charge is -2.04. The maximum atomic E-state index is 13.3. The van der Waals surface area contributed by atoms with Crippen molar-refractivity contribution in [1.29, 1.82) is 0 Å². The molecule has 0 spiro atoms. The monoisotopic (exact) mass is 302 g/mol. The van der Waals surface area contributed by atoms with E-state index in [1.165, 1.54) is 6.07 Å². The predicted octanol–water partition coefficient (Wildman–Crippen LogP) is 0.850. The fraction of sp³-hybridized carbons (Fsp3) is 0.333. The average molecular weight is 302 g/mol. The lowest BCUT2D eigenvalue weighted by atomic mass is 10.1. The minimum atomic E-state index is -3.14. The first-order valence-electron chi connectivity index (χ1n) is 5.86. The van der Waals surface area contributed by atoms with E-state index in [0.29, 0.717) is 6.07 Å². The summed E-state index contributed by atoms with van der Waals surface area (Å²) in [5.74, 6) is -2.87. The molecule has 1 fully saturated rings. The van der Waals surface area contributed by atoms with Crippen molar-refractivity contribution in [3.8, 4) is 0 Å². The number of benzene rings is 1. The van der Waals surface area contributed by atoms with Gasteiger partial charge in [-0.3, -0.25) is 4.79 Å². The summed E-state index contributed by atoms with van der Waals surface area (Å²) in [4.78, 5) is 11.6. The molecule has 1 N–H and O–H groups in total. The molecule has 5 nitrogen and oxygen atoms in total. The molecule has 0 aromatic heterocycles. The largest absolute Gasteiger partial charge is 0.273 e. The van der Waals surface area contributed by atoms with Gasteiger partial charge in [-0.25, -0.2) is 22.6 Å². The van der Waals surface area contributed by atoms with Gasteiger partial charge in [-0.15, -0.1) is 0 Å². The van der Waals surface area contributed by atoms with Crippen molar-refractivity contribution in [3.63, 3.8) is 0 Å². The number of halogens is 2. The van der Waals surface area contributed by atoms with Gasteiger partial charge in [0.25, 0.3) is 0 Å². The summed E-state index contributed by atoms with van der Waals surface area (Å²) in [5, 5.41) is 3.54. The molecule has 108 valence electrons. The van der Waals surface area contributed by atoms with Crippen molar-refractivity contribution in [2.45, 2.75) is 6.42 Å². The number of carbonyl (C=O) groups is 1. The molecular weight excluding hydrogens is 290 g/mol. The number of nitrogens with one attached hydrogen (secondary N) is 1.